The van der Waals surface area contributed by atoms with Gasteiger partial charge >= 0.3 is 0 Å². The number of hydrogen-bond donors (Lipinski definition) is 2. The number of aliphatic hydroxyl groups is 1. The number of rotatable bonds is 8. The van der Waals surface area contributed by atoms with Crippen LogP contribution in [-0.2, 0) is 4.74 Å². The SMILES string of the molecule is CCNC(CO)(CN1CCCC(COC)C1)C1CC1. The first kappa shape index (κ1) is 15.2. The van der Waals surface area contributed by atoms with E-state index in [0.717, 1.165) is 26.2 Å². The maximum absolute atomic E-state index is 9.90. The standard InChI is InChI=1S/C15H30N2O2/c1-3-16-15(12-18,14-6-7-14)11-17-8-4-5-13(9-17)10-19-2/h13-14,16,18H,3-12H2,1-2H3. The summed E-state index contributed by atoms with van der Waals surface area (Å²) in [5.41, 5.74) is -0.0658. The zero-order valence-electron chi connectivity index (χ0n) is 12.5. The largest absolute Gasteiger partial charge is 0.394 e. The maximum Gasteiger partial charge on any atom is 0.0628 e. The molecule has 1 aliphatic heterocycles. The van der Waals surface area contributed by atoms with Crippen LogP contribution in [0.3, 0.4) is 0 Å². The molecule has 1 saturated heterocycles. The molecule has 4 heteroatoms. The van der Waals surface area contributed by atoms with Crippen LogP contribution in [0.4, 0.5) is 0 Å². The van der Waals surface area contributed by atoms with Crippen LogP contribution >= 0.6 is 0 Å². The van der Waals surface area contributed by atoms with Crippen molar-refractivity contribution < 1.29 is 9.84 Å². The number of likely N-dealkylation sites (tertiary alicyclic amines) is 1. The molecule has 1 aliphatic carbocycles. The van der Waals surface area contributed by atoms with Gasteiger partial charge in [0.15, 0.2) is 0 Å². The van der Waals surface area contributed by atoms with Gasteiger partial charge in [0.2, 0.25) is 0 Å². The van der Waals surface area contributed by atoms with Crippen LogP contribution in [0.25, 0.3) is 0 Å². The minimum Gasteiger partial charge on any atom is -0.394 e. The van der Waals surface area contributed by atoms with Crippen LogP contribution < -0.4 is 5.32 Å². The Morgan fingerprint density at radius 3 is 2.74 bits per heavy atom. The monoisotopic (exact) mass is 270 g/mol. The molecule has 0 amide bonds. The quantitative estimate of drug-likeness (QED) is 0.693. The minimum absolute atomic E-state index is 0.0658. The molecule has 0 radical (unpaired) electrons. The lowest BCUT2D eigenvalue weighted by Crippen LogP contribution is -2.59. The van der Waals surface area contributed by atoms with Gasteiger partial charge in [-0.2, -0.15) is 0 Å². The first-order valence-electron chi connectivity index (χ1n) is 7.81. The van der Waals surface area contributed by atoms with Crippen molar-refractivity contribution >= 4 is 0 Å². The van der Waals surface area contributed by atoms with Crippen molar-refractivity contribution in [2.75, 3.05) is 46.5 Å². The van der Waals surface area contributed by atoms with Gasteiger partial charge in [0.05, 0.1) is 18.8 Å². The van der Waals surface area contributed by atoms with E-state index in [9.17, 15) is 5.11 Å². The average Bonchev–Trinajstić information content (AvgIpc) is 3.24. The van der Waals surface area contributed by atoms with Crippen molar-refractivity contribution in [1.82, 2.24) is 10.2 Å². The maximum atomic E-state index is 9.90. The Morgan fingerprint density at radius 2 is 2.16 bits per heavy atom. The molecular weight excluding hydrogens is 240 g/mol. The lowest BCUT2D eigenvalue weighted by Gasteiger charge is -2.41. The molecule has 2 aliphatic rings. The Kier molecular flexibility index (Phi) is 5.63. The first-order valence-corrected chi connectivity index (χ1v) is 7.81. The Morgan fingerprint density at radius 1 is 1.37 bits per heavy atom. The molecule has 2 fully saturated rings. The molecule has 2 atom stereocenters. The van der Waals surface area contributed by atoms with Gasteiger partial charge in [0, 0.05) is 20.2 Å². The molecule has 0 bridgehead atoms. The van der Waals surface area contributed by atoms with E-state index in [1.165, 1.54) is 32.2 Å². The summed E-state index contributed by atoms with van der Waals surface area (Å²) in [6.45, 7) is 7.48. The number of hydrogen-bond acceptors (Lipinski definition) is 4. The Hall–Kier alpha value is -0.160. The topological polar surface area (TPSA) is 44.7 Å². The Bertz CT molecular complexity index is 269. The van der Waals surface area contributed by atoms with Gasteiger partial charge in [0.1, 0.15) is 0 Å². The molecular formula is C15H30N2O2. The molecule has 1 saturated carbocycles. The zero-order chi connectivity index (χ0) is 13.7. The lowest BCUT2D eigenvalue weighted by atomic mass is 9.90. The summed E-state index contributed by atoms with van der Waals surface area (Å²) >= 11 is 0. The fourth-order valence-electron chi connectivity index (χ4n) is 3.62. The van der Waals surface area contributed by atoms with Crippen LogP contribution in [0.2, 0.25) is 0 Å². The van der Waals surface area contributed by atoms with E-state index in [1.807, 2.05) is 0 Å². The third-order valence-electron chi connectivity index (χ3n) is 4.68. The van der Waals surface area contributed by atoms with E-state index in [1.54, 1.807) is 7.11 Å². The summed E-state index contributed by atoms with van der Waals surface area (Å²) < 4.78 is 5.30. The van der Waals surface area contributed by atoms with E-state index in [0.29, 0.717) is 11.8 Å². The number of piperidine rings is 1. The van der Waals surface area contributed by atoms with Crippen LogP contribution in [0.15, 0.2) is 0 Å². The molecule has 0 aromatic heterocycles. The van der Waals surface area contributed by atoms with Crippen molar-refractivity contribution in [3.8, 4) is 0 Å². The fourth-order valence-corrected chi connectivity index (χ4v) is 3.62. The van der Waals surface area contributed by atoms with Gasteiger partial charge < -0.3 is 20.1 Å². The third kappa shape index (κ3) is 3.91. The number of ether oxygens (including phenoxy) is 1. The predicted molar refractivity (Wildman–Crippen MR) is 77.3 cm³/mol. The summed E-state index contributed by atoms with van der Waals surface area (Å²) in [4.78, 5) is 2.53. The molecule has 0 spiro atoms. The van der Waals surface area contributed by atoms with Crippen LogP contribution in [0.5, 0.6) is 0 Å². The Balaban J connectivity index is 1.92. The van der Waals surface area contributed by atoms with E-state index in [4.69, 9.17) is 4.74 Å². The molecule has 2 N–H and O–H groups in total. The molecule has 19 heavy (non-hydrogen) atoms. The molecule has 112 valence electrons. The fraction of sp³-hybridized carbons (Fsp3) is 1.00. The van der Waals surface area contributed by atoms with E-state index in [2.05, 4.69) is 17.1 Å². The number of methoxy groups -OCH3 is 1. The van der Waals surface area contributed by atoms with E-state index >= 15 is 0 Å². The summed E-state index contributed by atoms with van der Waals surface area (Å²) in [5.74, 6) is 1.33. The number of likely N-dealkylation sites (N-methyl/N-ethyl adjacent to an activating group) is 1. The van der Waals surface area contributed by atoms with Crippen molar-refractivity contribution in [3.05, 3.63) is 0 Å². The minimum atomic E-state index is -0.0658. The van der Waals surface area contributed by atoms with Crippen LogP contribution in [0.1, 0.15) is 32.6 Å². The van der Waals surface area contributed by atoms with Crippen molar-refractivity contribution in [3.63, 3.8) is 0 Å². The number of nitrogens with one attached hydrogen (secondary N) is 1. The highest BCUT2D eigenvalue weighted by atomic mass is 16.5. The number of aliphatic hydroxyl groups excluding tert-OH is 1. The molecule has 2 unspecified atom stereocenters. The molecule has 4 nitrogen and oxygen atoms in total. The zero-order valence-corrected chi connectivity index (χ0v) is 12.5. The molecule has 2 rings (SSSR count). The van der Waals surface area contributed by atoms with Crippen molar-refractivity contribution in [2.24, 2.45) is 11.8 Å². The lowest BCUT2D eigenvalue weighted by molar-refractivity contribution is 0.0481. The van der Waals surface area contributed by atoms with Gasteiger partial charge in [-0.3, -0.25) is 0 Å². The van der Waals surface area contributed by atoms with Crippen LogP contribution in [-0.4, -0.2) is 62.0 Å². The smallest absolute Gasteiger partial charge is 0.0628 e. The summed E-state index contributed by atoms with van der Waals surface area (Å²) in [6.07, 6.45) is 5.07. The second kappa shape index (κ2) is 7.02. The highest BCUT2D eigenvalue weighted by molar-refractivity contribution is 5.03. The van der Waals surface area contributed by atoms with Crippen molar-refractivity contribution in [2.45, 2.75) is 38.1 Å². The van der Waals surface area contributed by atoms with Crippen LogP contribution in [0, 0.1) is 11.8 Å². The third-order valence-corrected chi connectivity index (χ3v) is 4.68. The van der Waals surface area contributed by atoms with E-state index < -0.39 is 0 Å². The van der Waals surface area contributed by atoms with Gasteiger partial charge in [-0.25, -0.2) is 0 Å². The van der Waals surface area contributed by atoms with E-state index in [-0.39, 0.29) is 12.1 Å². The molecule has 0 aromatic rings. The normalized spacial score (nSPS) is 28.3. The predicted octanol–water partition coefficient (Wildman–Crippen LogP) is 1.10. The second-order valence-corrected chi connectivity index (χ2v) is 6.32. The second-order valence-electron chi connectivity index (χ2n) is 6.32. The van der Waals surface area contributed by atoms with Gasteiger partial charge in [0.25, 0.3) is 0 Å². The molecule has 0 aromatic carbocycles. The average molecular weight is 270 g/mol. The van der Waals surface area contributed by atoms with Gasteiger partial charge in [-0.1, -0.05) is 6.92 Å². The Labute approximate surface area is 117 Å². The summed E-state index contributed by atoms with van der Waals surface area (Å²) in [7, 11) is 1.79. The highest BCUT2D eigenvalue weighted by Crippen LogP contribution is 2.40. The summed E-state index contributed by atoms with van der Waals surface area (Å²) in [6, 6.07) is 0. The summed E-state index contributed by atoms with van der Waals surface area (Å²) in [5, 5.41) is 13.5. The molecule has 1 heterocycles. The van der Waals surface area contributed by atoms with Gasteiger partial charge in [-0.15, -0.1) is 0 Å². The van der Waals surface area contributed by atoms with Crippen molar-refractivity contribution in [1.29, 1.82) is 0 Å². The van der Waals surface area contributed by atoms with Gasteiger partial charge in [-0.05, 0) is 50.6 Å². The number of nitrogens with zero attached hydrogens (tertiary/aromatic N) is 1. The first-order chi connectivity index (χ1) is 9.24. The highest BCUT2D eigenvalue weighted by Gasteiger charge is 2.45.